The number of amides is 1. The van der Waals surface area contributed by atoms with Crippen molar-refractivity contribution in [2.75, 3.05) is 32.6 Å². The van der Waals surface area contributed by atoms with E-state index in [0.29, 0.717) is 70.1 Å². The molecule has 254 valence electrons. The fraction of sp³-hybridized carbons (Fsp3) is 0.514. The Kier molecular flexibility index (Phi) is 15.3. The summed E-state index contributed by atoms with van der Waals surface area (Å²) in [5.41, 5.74) is 1.87. The van der Waals surface area contributed by atoms with Gasteiger partial charge in [-0.25, -0.2) is 0 Å². The molecule has 0 unspecified atom stereocenters. The number of thiocarbonyl (C=S) groups is 1. The molecule has 0 saturated carbocycles. The second-order valence-corrected chi connectivity index (χ2v) is 13.2. The summed E-state index contributed by atoms with van der Waals surface area (Å²) in [7, 11) is 3.18. The number of carboxylic acid groups (broad SMARTS) is 1. The summed E-state index contributed by atoms with van der Waals surface area (Å²) in [6.45, 7) is 5.16. The Morgan fingerprint density at radius 3 is 2.32 bits per heavy atom. The minimum atomic E-state index is -0.738. The topological polar surface area (TPSA) is 134 Å². The van der Waals surface area contributed by atoms with Crippen molar-refractivity contribution in [3.63, 3.8) is 0 Å². The smallest absolute Gasteiger partial charge is 0.303 e. The second-order valence-electron chi connectivity index (χ2n) is 11.5. The zero-order valence-electron chi connectivity index (χ0n) is 27.9. The van der Waals surface area contributed by atoms with Crippen LogP contribution in [0.15, 0.2) is 27.9 Å². The van der Waals surface area contributed by atoms with Crippen LogP contribution in [-0.2, 0) is 22.6 Å². The quantitative estimate of drug-likeness (QED) is 0.0862. The van der Waals surface area contributed by atoms with Gasteiger partial charge in [0.1, 0.15) is 21.8 Å². The molecule has 2 aromatic rings. The summed E-state index contributed by atoms with van der Waals surface area (Å²) in [4.78, 5) is 39.6. The number of pyridine rings is 1. The van der Waals surface area contributed by atoms with Crippen molar-refractivity contribution in [3.05, 3.63) is 55.7 Å². The maximum Gasteiger partial charge on any atom is 0.303 e. The normalized spacial score (nSPS) is 13.7. The number of unbranched alkanes of at least 4 members (excludes halogenated alkanes) is 7. The maximum atomic E-state index is 13.5. The van der Waals surface area contributed by atoms with Crippen molar-refractivity contribution in [3.8, 4) is 17.6 Å². The van der Waals surface area contributed by atoms with Crippen molar-refractivity contribution in [1.82, 2.24) is 9.47 Å². The number of methoxy groups -OCH3 is 2. The molecule has 1 saturated heterocycles. The Morgan fingerprint density at radius 1 is 1.04 bits per heavy atom. The van der Waals surface area contributed by atoms with Crippen LogP contribution >= 0.6 is 24.0 Å². The summed E-state index contributed by atoms with van der Waals surface area (Å²) in [6.07, 6.45) is 11.1. The van der Waals surface area contributed by atoms with Crippen LogP contribution in [0.25, 0.3) is 6.08 Å². The summed E-state index contributed by atoms with van der Waals surface area (Å²) in [5.74, 6) is 0.945. The van der Waals surface area contributed by atoms with E-state index in [4.69, 9.17) is 26.8 Å². The molecule has 0 radical (unpaired) electrons. The number of carboxylic acids is 1. The highest BCUT2D eigenvalue weighted by molar-refractivity contribution is 8.26. The molecular weight excluding hydrogens is 637 g/mol. The number of aromatic nitrogens is 1. The number of thioether (sulfide) groups is 1. The molecule has 3 rings (SSSR count). The van der Waals surface area contributed by atoms with Crippen LogP contribution < -0.4 is 20.3 Å². The molecule has 1 aromatic heterocycles. The van der Waals surface area contributed by atoms with E-state index in [2.05, 4.69) is 11.4 Å². The number of nitrogens with one attached hydrogen (secondary N) is 1. The van der Waals surface area contributed by atoms with E-state index in [1.54, 1.807) is 36.7 Å². The van der Waals surface area contributed by atoms with Crippen molar-refractivity contribution in [2.45, 2.75) is 91.0 Å². The number of anilines is 1. The van der Waals surface area contributed by atoms with E-state index in [-0.39, 0.29) is 23.5 Å². The molecule has 2 N–H and O–H groups in total. The molecule has 1 aromatic carbocycles. The Balaban J connectivity index is 1.74. The van der Waals surface area contributed by atoms with Crippen LogP contribution in [0.5, 0.6) is 11.5 Å². The monoisotopic (exact) mass is 682 g/mol. The summed E-state index contributed by atoms with van der Waals surface area (Å²) in [6, 6.07) is 7.82. The van der Waals surface area contributed by atoms with Gasteiger partial charge in [0.05, 0.1) is 19.1 Å². The van der Waals surface area contributed by atoms with Gasteiger partial charge in [-0.15, -0.1) is 0 Å². The molecule has 0 bridgehead atoms. The van der Waals surface area contributed by atoms with Gasteiger partial charge in [-0.3, -0.25) is 23.9 Å². The van der Waals surface area contributed by atoms with Gasteiger partial charge in [0, 0.05) is 31.6 Å². The van der Waals surface area contributed by atoms with E-state index < -0.39 is 5.97 Å². The fourth-order valence-corrected chi connectivity index (χ4v) is 6.87. The molecule has 0 atom stereocenters. The van der Waals surface area contributed by atoms with E-state index >= 15 is 0 Å². The Labute approximate surface area is 287 Å². The van der Waals surface area contributed by atoms with Gasteiger partial charge < -0.3 is 19.9 Å². The Morgan fingerprint density at radius 2 is 1.70 bits per heavy atom. The average molecular weight is 683 g/mol. The molecule has 47 heavy (non-hydrogen) atoms. The first-order chi connectivity index (χ1) is 22.7. The van der Waals surface area contributed by atoms with E-state index in [1.165, 1.54) is 11.8 Å². The van der Waals surface area contributed by atoms with Crippen LogP contribution in [0.3, 0.4) is 0 Å². The van der Waals surface area contributed by atoms with Crippen molar-refractivity contribution in [2.24, 2.45) is 0 Å². The first-order valence-electron chi connectivity index (χ1n) is 16.3. The highest BCUT2D eigenvalue weighted by Gasteiger charge is 2.32. The van der Waals surface area contributed by atoms with Crippen LogP contribution in [0.4, 0.5) is 5.82 Å². The van der Waals surface area contributed by atoms with Gasteiger partial charge in [-0.2, -0.15) is 5.26 Å². The van der Waals surface area contributed by atoms with Crippen LogP contribution in [0.1, 0.15) is 93.4 Å². The number of ether oxygens (including phenoxy) is 2. The first kappa shape index (κ1) is 37.6. The van der Waals surface area contributed by atoms with Gasteiger partial charge in [0.2, 0.25) is 0 Å². The number of hydrogen-bond donors (Lipinski definition) is 2. The van der Waals surface area contributed by atoms with Crippen LogP contribution in [0.2, 0.25) is 0 Å². The summed E-state index contributed by atoms with van der Waals surface area (Å²) < 4.78 is 12.9. The largest absolute Gasteiger partial charge is 0.493 e. The van der Waals surface area contributed by atoms with E-state index in [9.17, 15) is 19.6 Å². The number of nitriles is 1. The Hall–Kier alpha value is -3.82. The molecule has 1 amide bonds. The lowest BCUT2D eigenvalue weighted by atomic mass is 10.0. The third-order valence-corrected chi connectivity index (χ3v) is 9.53. The highest BCUT2D eigenvalue weighted by atomic mass is 32.2. The minimum absolute atomic E-state index is 0.0625. The number of nitrogens with zero attached hydrogens (tertiary/aromatic N) is 3. The zero-order chi connectivity index (χ0) is 34.3. The third-order valence-electron chi connectivity index (χ3n) is 8.15. The molecule has 1 fully saturated rings. The van der Waals surface area contributed by atoms with Crippen molar-refractivity contribution >= 4 is 52.1 Å². The summed E-state index contributed by atoms with van der Waals surface area (Å²) in [5, 5.41) is 22.1. The summed E-state index contributed by atoms with van der Waals surface area (Å²) >= 11 is 6.84. The van der Waals surface area contributed by atoms with Gasteiger partial charge in [0.15, 0.2) is 11.5 Å². The SMILES string of the molecule is CCCn1c(NCCc2ccc(OC)c(OC)c2)c(/C=C2/SC(=S)N(CCCCCCCCCCC(=O)O)C2=O)c(C)c(C#N)c1=O. The third kappa shape index (κ3) is 10.3. The Bertz CT molecular complexity index is 1560. The number of hydrogen-bond acceptors (Lipinski definition) is 9. The lowest BCUT2D eigenvalue weighted by molar-refractivity contribution is -0.137. The van der Waals surface area contributed by atoms with Crippen molar-refractivity contribution < 1.29 is 24.2 Å². The van der Waals surface area contributed by atoms with Gasteiger partial charge in [0.25, 0.3) is 11.5 Å². The second kappa shape index (κ2) is 19.1. The van der Waals surface area contributed by atoms with Gasteiger partial charge >= 0.3 is 5.97 Å². The van der Waals surface area contributed by atoms with E-state index in [1.807, 2.05) is 25.1 Å². The number of carbonyl (C=O) groups is 2. The number of aliphatic carboxylic acids is 1. The molecule has 2 heterocycles. The molecule has 1 aliphatic heterocycles. The minimum Gasteiger partial charge on any atom is -0.493 e. The van der Waals surface area contributed by atoms with Crippen molar-refractivity contribution in [1.29, 1.82) is 5.26 Å². The zero-order valence-corrected chi connectivity index (χ0v) is 29.5. The maximum absolute atomic E-state index is 13.5. The van der Waals surface area contributed by atoms with Gasteiger partial charge in [-0.1, -0.05) is 75.5 Å². The average Bonchev–Trinajstić information content (AvgIpc) is 3.32. The van der Waals surface area contributed by atoms with Crippen LogP contribution in [-0.4, -0.2) is 58.1 Å². The molecular formula is C35H46N4O6S2. The lowest BCUT2D eigenvalue weighted by Crippen LogP contribution is -2.29. The predicted octanol–water partition coefficient (Wildman–Crippen LogP) is 6.91. The number of carbonyl (C=O) groups excluding carboxylic acids is 1. The number of benzene rings is 1. The molecule has 0 aliphatic carbocycles. The predicted molar refractivity (Wildman–Crippen MR) is 191 cm³/mol. The van der Waals surface area contributed by atoms with Crippen LogP contribution in [0, 0.1) is 18.3 Å². The van der Waals surface area contributed by atoms with Gasteiger partial charge in [-0.05, 0) is 61.9 Å². The van der Waals surface area contributed by atoms with E-state index in [0.717, 1.165) is 56.9 Å². The molecule has 0 spiro atoms. The molecule has 10 nitrogen and oxygen atoms in total. The fourth-order valence-electron chi connectivity index (χ4n) is 5.58. The molecule has 1 aliphatic rings. The highest BCUT2D eigenvalue weighted by Crippen LogP contribution is 2.35. The number of rotatable bonds is 20. The lowest BCUT2D eigenvalue weighted by Gasteiger charge is -2.20. The standard InChI is InChI=1S/C35H46N4O6S2/c1-5-19-38-32(37-18-17-25-15-16-28(44-3)29(21-25)45-4)26(24(2)27(23-36)33(38)42)22-30-34(43)39(35(46)47-30)20-13-11-9-7-6-8-10-12-14-31(40)41/h15-16,21-22,37H,5-14,17-20H2,1-4H3,(H,40,41)/b30-22+. The molecule has 12 heteroatoms. The first-order valence-corrected chi connectivity index (χ1v) is 17.5.